The first-order valence-electron chi connectivity index (χ1n) is 11.5. The van der Waals surface area contributed by atoms with Gasteiger partial charge in [-0.25, -0.2) is 23.4 Å². The lowest BCUT2D eigenvalue weighted by molar-refractivity contribution is 0.371. The van der Waals surface area contributed by atoms with Gasteiger partial charge in [0.1, 0.15) is 12.1 Å². The lowest BCUT2D eigenvalue weighted by Gasteiger charge is -2.38. The zero-order valence-corrected chi connectivity index (χ0v) is 18.5. The highest BCUT2D eigenvalue weighted by Crippen LogP contribution is 2.40. The molecule has 0 spiro atoms. The Morgan fingerprint density at radius 1 is 1.00 bits per heavy atom. The molecule has 2 aliphatic heterocycles. The van der Waals surface area contributed by atoms with Gasteiger partial charge in [0.05, 0.1) is 5.69 Å². The SMILES string of the molecule is Cc1ncnc(N2CC3CCC(C2)C3Nc2nc3n(n2)CCCN3c2ccc(F)cc2)c1F. The number of nitrogens with one attached hydrogen (secondary N) is 1. The van der Waals surface area contributed by atoms with Crippen LogP contribution in [0.4, 0.5) is 32.2 Å². The van der Waals surface area contributed by atoms with Crippen molar-refractivity contribution in [3.05, 3.63) is 47.9 Å². The zero-order valence-electron chi connectivity index (χ0n) is 18.5. The molecular weight excluding hydrogens is 426 g/mol. The molecule has 6 rings (SSSR count). The fraction of sp³-hybridized carbons (Fsp3) is 0.478. The van der Waals surface area contributed by atoms with E-state index in [2.05, 4.69) is 25.1 Å². The third-order valence-electron chi connectivity index (χ3n) is 7.16. The first kappa shape index (κ1) is 20.3. The molecule has 1 N–H and O–H groups in total. The van der Waals surface area contributed by atoms with Crippen LogP contribution < -0.4 is 15.1 Å². The summed E-state index contributed by atoms with van der Waals surface area (Å²) in [6, 6.07) is 6.73. The van der Waals surface area contributed by atoms with Gasteiger partial charge < -0.3 is 15.1 Å². The van der Waals surface area contributed by atoms with E-state index in [1.807, 2.05) is 4.68 Å². The number of hydrogen-bond acceptors (Lipinski definition) is 7. The van der Waals surface area contributed by atoms with Crippen LogP contribution in [-0.4, -0.2) is 50.4 Å². The lowest BCUT2D eigenvalue weighted by Crippen LogP contribution is -2.48. The summed E-state index contributed by atoms with van der Waals surface area (Å²) in [4.78, 5) is 17.1. The van der Waals surface area contributed by atoms with Crippen LogP contribution in [0.3, 0.4) is 0 Å². The fourth-order valence-electron chi connectivity index (χ4n) is 5.53. The van der Waals surface area contributed by atoms with Gasteiger partial charge in [0.2, 0.25) is 11.9 Å². The number of halogens is 2. The summed E-state index contributed by atoms with van der Waals surface area (Å²) in [5.74, 6) is 1.96. The lowest BCUT2D eigenvalue weighted by atomic mass is 9.92. The number of piperidine rings is 1. The highest BCUT2D eigenvalue weighted by molar-refractivity contribution is 5.59. The molecule has 3 aromatic rings. The van der Waals surface area contributed by atoms with E-state index in [4.69, 9.17) is 10.1 Å². The summed E-state index contributed by atoms with van der Waals surface area (Å²) in [5, 5.41) is 8.32. The largest absolute Gasteiger partial charge is 0.353 e. The van der Waals surface area contributed by atoms with E-state index in [0.29, 0.717) is 29.3 Å². The maximum atomic E-state index is 14.6. The molecule has 3 aliphatic rings. The number of rotatable bonds is 4. The van der Waals surface area contributed by atoms with Gasteiger partial charge in [0, 0.05) is 37.9 Å². The molecule has 1 saturated heterocycles. The fourth-order valence-corrected chi connectivity index (χ4v) is 5.53. The van der Waals surface area contributed by atoms with Crippen LogP contribution in [0.2, 0.25) is 0 Å². The molecule has 1 aromatic carbocycles. The molecular formula is C23H26F2N8. The average molecular weight is 453 g/mol. The predicted molar refractivity (Wildman–Crippen MR) is 121 cm³/mol. The van der Waals surface area contributed by atoms with Crippen molar-refractivity contribution in [3.8, 4) is 0 Å². The summed E-state index contributed by atoms with van der Waals surface area (Å²) >= 11 is 0. The first-order chi connectivity index (χ1) is 16.1. The molecule has 2 unspecified atom stereocenters. The van der Waals surface area contributed by atoms with Crippen molar-refractivity contribution in [3.63, 3.8) is 0 Å². The summed E-state index contributed by atoms with van der Waals surface area (Å²) < 4.78 is 29.9. The van der Waals surface area contributed by atoms with Crippen LogP contribution in [-0.2, 0) is 6.54 Å². The Bertz CT molecular complexity index is 1150. The van der Waals surface area contributed by atoms with Gasteiger partial charge >= 0.3 is 0 Å². The average Bonchev–Trinajstić information content (AvgIpc) is 3.32. The maximum absolute atomic E-state index is 14.6. The highest BCUT2D eigenvalue weighted by atomic mass is 19.1. The van der Waals surface area contributed by atoms with Crippen molar-refractivity contribution >= 4 is 23.4 Å². The van der Waals surface area contributed by atoms with Gasteiger partial charge in [0.15, 0.2) is 11.6 Å². The molecule has 2 fully saturated rings. The Kier molecular flexibility index (Phi) is 4.88. The monoisotopic (exact) mass is 452 g/mol. The molecule has 10 heteroatoms. The van der Waals surface area contributed by atoms with Crippen molar-refractivity contribution in [1.82, 2.24) is 24.7 Å². The minimum absolute atomic E-state index is 0.246. The number of anilines is 4. The zero-order chi connectivity index (χ0) is 22.5. The molecule has 2 atom stereocenters. The van der Waals surface area contributed by atoms with Gasteiger partial charge in [-0.1, -0.05) is 0 Å². The summed E-state index contributed by atoms with van der Waals surface area (Å²) in [7, 11) is 0. The molecule has 2 aromatic heterocycles. The number of nitrogens with zero attached hydrogens (tertiary/aromatic N) is 7. The van der Waals surface area contributed by atoms with E-state index in [9.17, 15) is 8.78 Å². The second kappa shape index (κ2) is 7.93. The van der Waals surface area contributed by atoms with Crippen LogP contribution in [0.1, 0.15) is 25.0 Å². The third-order valence-corrected chi connectivity index (χ3v) is 7.16. The standard InChI is InChI=1S/C23H26F2N8/c1-14-19(25)21(27-13-26-14)31-11-15-3-4-16(12-31)20(15)28-22-29-23-32(9-2-10-33(23)30-22)18-7-5-17(24)6-8-18/h5-8,13,15-16,20H,2-4,9-12H2,1H3,(H,28,30). The quantitative estimate of drug-likeness (QED) is 0.649. The molecule has 1 saturated carbocycles. The Balaban J connectivity index is 1.20. The summed E-state index contributed by atoms with van der Waals surface area (Å²) in [6.45, 7) is 4.79. The normalized spacial score (nSPS) is 24.2. The third kappa shape index (κ3) is 3.57. The number of hydrogen-bond donors (Lipinski definition) is 1. The number of fused-ring (bicyclic) bond motifs is 3. The molecule has 1 aliphatic carbocycles. The summed E-state index contributed by atoms with van der Waals surface area (Å²) in [6.07, 6.45) is 4.55. The first-order valence-corrected chi connectivity index (χ1v) is 11.5. The van der Waals surface area contributed by atoms with E-state index in [0.717, 1.165) is 57.1 Å². The van der Waals surface area contributed by atoms with E-state index >= 15 is 0 Å². The van der Waals surface area contributed by atoms with Gasteiger partial charge in [-0.15, -0.1) is 5.10 Å². The van der Waals surface area contributed by atoms with Gasteiger partial charge in [-0.3, -0.25) is 0 Å². The Labute approximate surface area is 190 Å². The number of aryl methyl sites for hydroxylation is 2. The van der Waals surface area contributed by atoms with Crippen molar-refractivity contribution in [2.45, 2.75) is 38.8 Å². The van der Waals surface area contributed by atoms with Crippen molar-refractivity contribution in [2.24, 2.45) is 11.8 Å². The highest BCUT2D eigenvalue weighted by Gasteiger charge is 2.43. The van der Waals surface area contributed by atoms with Crippen molar-refractivity contribution in [1.29, 1.82) is 0 Å². The van der Waals surface area contributed by atoms with Crippen molar-refractivity contribution < 1.29 is 8.78 Å². The molecule has 8 nitrogen and oxygen atoms in total. The topological polar surface area (TPSA) is 75.0 Å². The van der Waals surface area contributed by atoms with Crippen LogP contribution in [0, 0.1) is 30.4 Å². The minimum Gasteiger partial charge on any atom is -0.353 e. The van der Waals surface area contributed by atoms with Crippen LogP contribution >= 0.6 is 0 Å². The number of benzene rings is 1. The van der Waals surface area contributed by atoms with E-state index < -0.39 is 0 Å². The smallest absolute Gasteiger partial charge is 0.244 e. The van der Waals surface area contributed by atoms with Crippen molar-refractivity contribution in [2.75, 3.05) is 34.8 Å². The van der Waals surface area contributed by atoms with E-state index in [-0.39, 0.29) is 17.7 Å². The summed E-state index contributed by atoms with van der Waals surface area (Å²) in [5.41, 5.74) is 1.29. The Morgan fingerprint density at radius 3 is 2.52 bits per heavy atom. The predicted octanol–water partition coefficient (Wildman–Crippen LogP) is 3.52. The van der Waals surface area contributed by atoms with Crippen LogP contribution in [0.5, 0.6) is 0 Å². The second-order valence-electron chi connectivity index (χ2n) is 9.21. The Hall–Kier alpha value is -3.30. The van der Waals surface area contributed by atoms with E-state index in [1.165, 1.54) is 18.5 Å². The van der Waals surface area contributed by atoms with Crippen LogP contribution in [0.15, 0.2) is 30.6 Å². The van der Waals surface area contributed by atoms with Crippen LogP contribution in [0.25, 0.3) is 0 Å². The van der Waals surface area contributed by atoms with Gasteiger partial charge in [-0.05, 0) is 62.3 Å². The van der Waals surface area contributed by atoms with Gasteiger partial charge in [-0.2, -0.15) is 4.98 Å². The molecule has 0 radical (unpaired) electrons. The molecule has 2 bridgehead atoms. The molecule has 0 amide bonds. The van der Waals surface area contributed by atoms with E-state index in [1.54, 1.807) is 19.1 Å². The molecule has 172 valence electrons. The number of aromatic nitrogens is 5. The second-order valence-corrected chi connectivity index (χ2v) is 9.21. The molecule has 4 heterocycles. The maximum Gasteiger partial charge on any atom is 0.244 e. The minimum atomic E-state index is -0.326. The Morgan fingerprint density at radius 2 is 1.76 bits per heavy atom. The van der Waals surface area contributed by atoms with Gasteiger partial charge in [0.25, 0.3) is 0 Å². The molecule has 33 heavy (non-hydrogen) atoms.